The highest BCUT2D eigenvalue weighted by molar-refractivity contribution is 5.94. The lowest BCUT2D eigenvalue weighted by Crippen LogP contribution is -2.38. The van der Waals surface area contributed by atoms with E-state index in [2.05, 4.69) is 35.1 Å². The molecule has 26 heavy (non-hydrogen) atoms. The summed E-state index contributed by atoms with van der Waals surface area (Å²) in [6.07, 6.45) is 4.50. The molecule has 1 atom stereocenters. The number of carbonyl (C=O) groups is 1. The highest BCUT2D eigenvalue weighted by Crippen LogP contribution is 2.30. The number of fused-ring (bicyclic) bond motifs is 1. The Morgan fingerprint density at radius 1 is 1.19 bits per heavy atom. The van der Waals surface area contributed by atoms with Crippen LogP contribution in [-0.2, 0) is 17.7 Å². The number of rotatable bonds is 4. The van der Waals surface area contributed by atoms with Gasteiger partial charge in [0.2, 0.25) is 0 Å². The fourth-order valence-electron chi connectivity index (χ4n) is 3.88. The maximum absolute atomic E-state index is 13.0. The number of carbonyl (C=O) groups excluding carboxylic acids is 1. The van der Waals surface area contributed by atoms with Gasteiger partial charge in [0.15, 0.2) is 0 Å². The summed E-state index contributed by atoms with van der Waals surface area (Å²) in [7, 11) is 0. The van der Waals surface area contributed by atoms with Crippen LogP contribution in [0.2, 0.25) is 0 Å². The number of ether oxygens (including phenoxy) is 1. The smallest absolute Gasteiger partial charge is 0.257 e. The molecule has 1 aromatic heterocycles. The number of nitrogens with zero attached hydrogens (tertiary/aromatic N) is 4. The Morgan fingerprint density at radius 2 is 2.00 bits per heavy atom. The molecule has 0 saturated carbocycles. The second-order valence-electron chi connectivity index (χ2n) is 7.07. The Bertz CT molecular complexity index is 767. The molecular formula is C20H26N4O2. The summed E-state index contributed by atoms with van der Waals surface area (Å²) < 4.78 is 7.26. The second kappa shape index (κ2) is 7.60. The Balaban J connectivity index is 1.40. The van der Waals surface area contributed by atoms with Crippen molar-refractivity contribution in [3.63, 3.8) is 0 Å². The predicted octanol–water partition coefficient (Wildman–Crippen LogP) is 1.97. The maximum Gasteiger partial charge on any atom is 0.257 e. The molecule has 0 N–H and O–H groups in total. The molecule has 1 aromatic carbocycles. The average molecular weight is 354 g/mol. The predicted molar refractivity (Wildman–Crippen MR) is 99.1 cm³/mol. The number of amides is 1. The van der Waals surface area contributed by atoms with E-state index < -0.39 is 0 Å². The summed E-state index contributed by atoms with van der Waals surface area (Å²) in [5.41, 5.74) is 3.29. The van der Waals surface area contributed by atoms with Gasteiger partial charge in [0.05, 0.1) is 37.6 Å². The van der Waals surface area contributed by atoms with Gasteiger partial charge in [0.1, 0.15) is 0 Å². The van der Waals surface area contributed by atoms with E-state index in [0.29, 0.717) is 5.56 Å². The SMILES string of the molecule is CC1c2ccccc2CCN1C(=O)c1cnn(CCN2CCOCC2)c1. The molecule has 0 bridgehead atoms. The van der Waals surface area contributed by atoms with Crippen LogP contribution in [0.15, 0.2) is 36.7 Å². The highest BCUT2D eigenvalue weighted by atomic mass is 16.5. The zero-order valence-corrected chi connectivity index (χ0v) is 15.3. The van der Waals surface area contributed by atoms with Gasteiger partial charge >= 0.3 is 0 Å². The molecule has 1 fully saturated rings. The van der Waals surface area contributed by atoms with Gasteiger partial charge in [-0.05, 0) is 24.5 Å². The summed E-state index contributed by atoms with van der Waals surface area (Å²) in [6, 6.07) is 8.51. The first-order valence-corrected chi connectivity index (χ1v) is 9.44. The number of hydrogen-bond acceptors (Lipinski definition) is 4. The Kier molecular flexibility index (Phi) is 5.04. The summed E-state index contributed by atoms with van der Waals surface area (Å²) >= 11 is 0. The van der Waals surface area contributed by atoms with E-state index in [1.54, 1.807) is 6.20 Å². The van der Waals surface area contributed by atoms with Gasteiger partial charge in [-0.25, -0.2) is 0 Å². The summed E-state index contributed by atoms with van der Waals surface area (Å²) in [5.74, 6) is 0.0737. The average Bonchev–Trinajstić information content (AvgIpc) is 3.16. The molecule has 1 unspecified atom stereocenters. The van der Waals surface area contributed by atoms with Crippen molar-refractivity contribution in [2.24, 2.45) is 0 Å². The van der Waals surface area contributed by atoms with E-state index in [9.17, 15) is 4.79 Å². The lowest BCUT2D eigenvalue weighted by atomic mass is 9.93. The molecule has 3 heterocycles. The molecule has 6 heteroatoms. The first kappa shape index (κ1) is 17.2. The topological polar surface area (TPSA) is 50.6 Å². The first-order valence-electron chi connectivity index (χ1n) is 9.44. The monoisotopic (exact) mass is 354 g/mol. The van der Waals surface area contributed by atoms with E-state index >= 15 is 0 Å². The fraction of sp³-hybridized carbons (Fsp3) is 0.500. The van der Waals surface area contributed by atoms with Gasteiger partial charge in [-0.2, -0.15) is 5.10 Å². The minimum absolute atomic E-state index is 0.0737. The van der Waals surface area contributed by atoms with Crippen LogP contribution >= 0.6 is 0 Å². The molecule has 0 radical (unpaired) electrons. The van der Waals surface area contributed by atoms with E-state index in [-0.39, 0.29) is 11.9 Å². The zero-order valence-electron chi connectivity index (χ0n) is 15.3. The van der Waals surface area contributed by atoms with Gasteiger partial charge in [0, 0.05) is 32.4 Å². The molecule has 138 valence electrons. The van der Waals surface area contributed by atoms with E-state index in [1.807, 2.05) is 21.8 Å². The molecule has 2 aromatic rings. The molecule has 2 aliphatic rings. The van der Waals surface area contributed by atoms with Gasteiger partial charge in [-0.15, -0.1) is 0 Å². The number of morpholine rings is 1. The number of aromatic nitrogens is 2. The van der Waals surface area contributed by atoms with Crippen LogP contribution < -0.4 is 0 Å². The van der Waals surface area contributed by atoms with Crippen molar-refractivity contribution < 1.29 is 9.53 Å². The van der Waals surface area contributed by atoms with Crippen molar-refractivity contribution in [3.8, 4) is 0 Å². The van der Waals surface area contributed by atoms with Crippen LogP contribution in [0.4, 0.5) is 0 Å². The van der Waals surface area contributed by atoms with Crippen molar-refractivity contribution in [2.75, 3.05) is 39.4 Å². The largest absolute Gasteiger partial charge is 0.379 e. The summed E-state index contributed by atoms with van der Waals surface area (Å²) in [5, 5.41) is 4.40. The van der Waals surface area contributed by atoms with Crippen molar-refractivity contribution in [2.45, 2.75) is 25.9 Å². The summed E-state index contributed by atoms with van der Waals surface area (Å²) in [4.78, 5) is 17.3. The number of benzene rings is 1. The maximum atomic E-state index is 13.0. The van der Waals surface area contributed by atoms with Gasteiger partial charge in [-0.3, -0.25) is 14.4 Å². The molecule has 1 amide bonds. The van der Waals surface area contributed by atoms with Crippen LogP contribution in [0.3, 0.4) is 0 Å². The van der Waals surface area contributed by atoms with Crippen LogP contribution in [0.1, 0.15) is 34.5 Å². The minimum atomic E-state index is 0.0737. The number of hydrogen-bond donors (Lipinski definition) is 0. The third-order valence-electron chi connectivity index (χ3n) is 5.48. The fourth-order valence-corrected chi connectivity index (χ4v) is 3.88. The van der Waals surface area contributed by atoms with Crippen LogP contribution in [0.5, 0.6) is 0 Å². The Morgan fingerprint density at radius 3 is 2.85 bits per heavy atom. The third-order valence-corrected chi connectivity index (χ3v) is 5.48. The van der Waals surface area contributed by atoms with Crippen molar-refractivity contribution in [1.82, 2.24) is 19.6 Å². The quantitative estimate of drug-likeness (QED) is 0.842. The van der Waals surface area contributed by atoms with E-state index in [4.69, 9.17) is 4.74 Å². The summed E-state index contributed by atoms with van der Waals surface area (Å²) in [6.45, 7) is 8.15. The molecule has 6 nitrogen and oxygen atoms in total. The van der Waals surface area contributed by atoms with Crippen LogP contribution in [0, 0.1) is 0 Å². The first-order chi connectivity index (χ1) is 12.7. The standard InChI is InChI=1S/C20H26N4O2/c1-16-19-5-3-2-4-17(19)6-7-24(16)20(25)18-14-21-23(15-18)9-8-22-10-12-26-13-11-22/h2-5,14-16H,6-13H2,1H3. The highest BCUT2D eigenvalue weighted by Gasteiger charge is 2.28. The molecule has 2 aliphatic heterocycles. The second-order valence-corrected chi connectivity index (χ2v) is 7.07. The van der Waals surface area contributed by atoms with Crippen molar-refractivity contribution in [1.29, 1.82) is 0 Å². The molecule has 0 aliphatic carbocycles. The molecule has 0 spiro atoms. The van der Waals surface area contributed by atoms with Crippen LogP contribution in [-0.4, -0.2) is 64.9 Å². The third kappa shape index (κ3) is 3.52. The Labute approximate surface area is 154 Å². The Hall–Kier alpha value is -2.18. The van der Waals surface area contributed by atoms with Gasteiger partial charge < -0.3 is 9.64 Å². The van der Waals surface area contributed by atoms with Crippen LogP contribution in [0.25, 0.3) is 0 Å². The normalized spacial score (nSPS) is 20.8. The zero-order chi connectivity index (χ0) is 17.9. The molecular weight excluding hydrogens is 328 g/mol. The van der Waals surface area contributed by atoms with E-state index in [1.165, 1.54) is 11.1 Å². The van der Waals surface area contributed by atoms with Crippen molar-refractivity contribution >= 4 is 5.91 Å². The van der Waals surface area contributed by atoms with E-state index in [0.717, 1.165) is 52.4 Å². The minimum Gasteiger partial charge on any atom is -0.379 e. The molecule has 4 rings (SSSR count). The lowest BCUT2D eigenvalue weighted by Gasteiger charge is -2.35. The van der Waals surface area contributed by atoms with Gasteiger partial charge in [0.25, 0.3) is 5.91 Å². The lowest BCUT2D eigenvalue weighted by molar-refractivity contribution is 0.0359. The van der Waals surface area contributed by atoms with Gasteiger partial charge in [-0.1, -0.05) is 24.3 Å². The van der Waals surface area contributed by atoms with Crippen molar-refractivity contribution in [3.05, 3.63) is 53.3 Å². The molecule has 1 saturated heterocycles.